The fourth-order valence-electron chi connectivity index (χ4n) is 2.76. The van der Waals surface area contributed by atoms with E-state index in [1.54, 1.807) is 0 Å². The summed E-state index contributed by atoms with van der Waals surface area (Å²) < 4.78 is 3.08. The van der Waals surface area contributed by atoms with Gasteiger partial charge in [-0.2, -0.15) is 0 Å². The van der Waals surface area contributed by atoms with Gasteiger partial charge in [0.2, 0.25) is 0 Å². The zero-order valence-electron chi connectivity index (χ0n) is 17.4. The number of hydrogen-bond donors (Lipinski definition) is 1. The molecule has 0 rings (SSSR count). The lowest BCUT2D eigenvalue weighted by atomic mass is 10.1. The number of nitro groups is 1. The van der Waals surface area contributed by atoms with Crippen LogP contribution in [0.4, 0.5) is 0 Å². The minimum Gasteiger partial charge on any atom is -0.457 e. The van der Waals surface area contributed by atoms with Crippen molar-refractivity contribution in [3.8, 4) is 0 Å². The monoisotopic (exact) mass is 463 g/mol. The van der Waals surface area contributed by atoms with Crippen molar-refractivity contribution in [3.05, 3.63) is 22.3 Å². The average Bonchev–Trinajstić information content (AvgIpc) is 2.68. The quantitative estimate of drug-likeness (QED) is 0.0487. The molecule has 0 saturated heterocycles. The van der Waals surface area contributed by atoms with Crippen LogP contribution in [0.1, 0.15) is 96.8 Å². The maximum absolute atomic E-state index is 11.6. The number of carbonyl (C=O) groups excluding carboxylic acids is 1. The van der Waals surface area contributed by atoms with Gasteiger partial charge in [-0.3, -0.25) is 14.9 Å². The van der Waals surface area contributed by atoms with Crippen molar-refractivity contribution in [2.75, 3.05) is 13.2 Å². The fourth-order valence-corrected chi connectivity index (χ4v) is 2.87. The van der Waals surface area contributed by atoms with Gasteiger partial charge in [0.1, 0.15) is 6.61 Å². The number of nitrogens with zero attached hydrogens (tertiary/aromatic N) is 1. The number of allylic oxidation sites excluding steroid dienone is 2. The van der Waals surface area contributed by atoms with Crippen LogP contribution < -0.4 is 0 Å². The lowest BCUT2D eigenvalue weighted by molar-refractivity contribution is -0.541. The summed E-state index contributed by atoms with van der Waals surface area (Å²) in [5.74, 6) is -0.459. The molecule has 0 spiro atoms. The molecule has 164 valence electrons. The van der Waals surface area contributed by atoms with E-state index in [0.29, 0.717) is 0 Å². The lowest BCUT2D eigenvalue weighted by Crippen LogP contribution is -2.41. The van der Waals surface area contributed by atoms with Gasteiger partial charge in [-0.05, 0) is 32.1 Å². The number of alkyl halides is 1. The molecule has 0 aromatic carbocycles. The van der Waals surface area contributed by atoms with E-state index in [0.717, 1.165) is 32.1 Å². The SMILES string of the molecule is CCCCCCC/C=C/CCCCCCCCC(=O)OCC(Br)(CO)[N+](=O)[O-]. The molecule has 28 heavy (non-hydrogen) atoms. The average molecular weight is 464 g/mol. The van der Waals surface area contributed by atoms with Gasteiger partial charge in [0.05, 0.1) is 0 Å². The van der Waals surface area contributed by atoms with E-state index in [1.807, 2.05) is 0 Å². The predicted octanol–water partition coefficient (Wildman–Crippen LogP) is 5.93. The first-order chi connectivity index (χ1) is 13.5. The number of unbranched alkanes of at least 4 members (excludes halogenated alkanes) is 11. The molecule has 0 saturated carbocycles. The molecular formula is C21H38BrNO5. The van der Waals surface area contributed by atoms with E-state index in [-0.39, 0.29) is 6.42 Å². The molecule has 0 amide bonds. The predicted molar refractivity (Wildman–Crippen MR) is 116 cm³/mol. The zero-order chi connectivity index (χ0) is 21.1. The maximum Gasteiger partial charge on any atom is 0.330 e. The molecule has 0 bridgehead atoms. The van der Waals surface area contributed by atoms with Crippen molar-refractivity contribution in [1.29, 1.82) is 0 Å². The van der Waals surface area contributed by atoms with Gasteiger partial charge in [-0.1, -0.05) is 70.4 Å². The summed E-state index contributed by atoms with van der Waals surface area (Å²) in [7, 11) is 0. The lowest BCUT2D eigenvalue weighted by Gasteiger charge is -2.15. The summed E-state index contributed by atoms with van der Waals surface area (Å²) in [6, 6.07) is 0. The standard InChI is InChI=1S/C21H38BrNO5/c1-2-3-4-5-6-7-8-9-10-11-12-13-14-15-16-17-20(25)28-19-21(22,18-24)23(26)27/h8-9,24H,2-7,10-19H2,1H3/b9-8+. The second kappa shape index (κ2) is 18.1. The summed E-state index contributed by atoms with van der Waals surface area (Å²) >= 11 is 2.80. The Morgan fingerprint density at radius 1 is 1.00 bits per heavy atom. The van der Waals surface area contributed by atoms with Gasteiger partial charge in [0.25, 0.3) is 0 Å². The van der Waals surface area contributed by atoms with Crippen molar-refractivity contribution in [1.82, 2.24) is 0 Å². The third-order valence-corrected chi connectivity index (χ3v) is 5.44. The van der Waals surface area contributed by atoms with E-state index in [1.165, 1.54) is 51.4 Å². The van der Waals surface area contributed by atoms with Crippen LogP contribution in [-0.4, -0.2) is 33.7 Å². The Hall–Kier alpha value is -0.950. The molecule has 0 fully saturated rings. The van der Waals surface area contributed by atoms with Crippen LogP contribution in [0.15, 0.2) is 12.2 Å². The Morgan fingerprint density at radius 3 is 2.00 bits per heavy atom. The Morgan fingerprint density at radius 2 is 1.50 bits per heavy atom. The summed E-state index contributed by atoms with van der Waals surface area (Å²) in [4.78, 5) is 21.7. The molecule has 0 aliphatic heterocycles. The Bertz CT molecular complexity index is 445. The highest BCUT2D eigenvalue weighted by atomic mass is 79.9. The highest BCUT2D eigenvalue weighted by Gasteiger charge is 2.40. The van der Waals surface area contributed by atoms with Gasteiger partial charge in [-0.15, -0.1) is 0 Å². The first kappa shape index (κ1) is 27.0. The maximum atomic E-state index is 11.6. The van der Waals surface area contributed by atoms with Crippen LogP contribution in [0.25, 0.3) is 0 Å². The summed E-state index contributed by atoms with van der Waals surface area (Å²) in [5, 5.41) is 19.8. The number of aliphatic hydroxyl groups excluding tert-OH is 1. The Labute approximate surface area is 178 Å². The Kier molecular flexibility index (Phi) is 17.5. The van der Waals surface area contributed by atoms with E-state index >= 15 is 0 Å². The second-order valence-corrected chi connectivity index (χ2v) is 8.80. The van der Waals surface area contributed by atoms with Crippen LogP contribution in [0.5, 0.6) is 0 Å². The summed E-state index contributed by atoms with van der Waals surface area (Å²) in [6.45, 7) is 1.03. The number of hydrogen-bond acceptors (Lipinski definition) is 5. The number of aliphatic hydroxyl groups is 1. The minimum atomic E-state index is -1.80. The Balaban J connectivity index is 3.45. The second-order valence-electron chi connectivity index (χ2n) is 7.33. The molecule has 0 aromatic rings. The van der Waals surface area contributed by atoms with Crippen molar-refractivity contribution >= 4 is 21.9 Å². The van der Waals surface area contributed by atoms with Crippen molar-refractivity contribution in [2.45, 2.75) is 101 Å². The summed E-state index contributed by atoms with van der Waals surface area (Å²) in [5.41, 5.74) is 0. The normalized spacial score (nSPS) is 13.5. The van der Waals surface area contributed by atoms with Gasteiger partial charge in [0, 0.05) is 27.3 Å². The van der Waals surface area contributed by atoms with E-state index in [4.69, 9.17) is 9.84 Å². The topological polar surface area (TPSA) is 89.7 Å². The molecule has 6 nitrogen and oxygen atoms in total. The smallest absolute Gasteiger partial charge is 0.330 e. The molecular weight excluding hydrogens is 426 g/mol. The van der Waals surface area contributed by atoms with E-state index < -0.39 is 28.6 Å². The largest absolute Gasteiger partial charge is 0.457 e. The highest BCUT2D eigenvalue weighted by Crippen LogP contribution is 2.19. The van der Waals surface area contributed by atoms with Gasteiger partial charge < -0.3 is 9.84 Å². The molecule has 0 aliphatic carbocycles. The molecule has 1 N–H and O–H groups in total. The van der Waals surface area contributed by atoms with Gasteiger partial charge in [-0.25, -0.2) is 0 Å². The number of rotatable bonds is 19. The number of halogens is 1. The van der Waals surface area contributed by atoms with Crippen molar-refractivity contribution in [2.24, 2.45) is 0 Å². The summed E-state index contributed by atoms with van der Waals surface area (Å²) in [6.07, 6.45) is 20.2. The minimum absolute atomic E-state index is 0.257. The van der Waals surface area contributed by atoms with Crippen LogP contribution in [0, 0.1) is 10.1 Å². The highest BCUT2D eigenvalue weighted by molar-refractivity contribution is 9.10. The van der Waals surface area contributed by atoms with Crippen LogP contribution in [0.3, 0.4) is 0 Å². The van der Waals surface area contributed by atoms with Gasteiger partial charge >= 0.3 is 10.4 Å². The fraction of sp³-hybridized carbons (Fsp3) is 0.857. The third kappa shape index (κ3) is 15.0. The van der Waals surface area contributed by atoms with Crippen molar-refractivity contribution in [3.63, 3.8) is 0 Å². The van der Waals surface area contributed by atoms with Gasteiger partial charge in [0.15, 0.2) is 6.61 Å². The molecule has 1 atom stereocenters. The van der Waals surface area contributed by atoms with Crippen LogP contribution >= 0.6 is 15.9 Å². The van der Waals surface area contributed by atoms with E-state index in [9.17, 15) is 14.9 Å². The first-order valence-electron chi connectivity index (χ1n) is 10.7. The van der Waals surface area contributed by atoms with Crippen LogP contribution in [0.2, 0.25) is 0 Å². The molecule has 7 heteroatoms. The molecule has 0 heterocycles. The number of carbonyl (C=O) groups is 1. The first-order valence-corrected chi connectivity index (χ1v) is 11.5. The van der Waals surface area contributed by atoms with Crippen LogP contribution in [-0.2, 0) is 9.53 Å². The third-order valence-electron chi connectivity index (χ3n) is 4.67. The zero-order valence-corrected chi connectivity index (χ0v) is 19.0. The number of ether oxygens (including phenoxy) is 1. The van der Waals surface area contributed by atoms with Crippen molar-refractivity contribution < 1.29 is 19.6 Å². The number of esters is 1. The molecule has 0 radical (unpaired) electrons. The molecule has 0 aliphatic rings. The van der Waals surface area contributed by atoms with E-state index in [2.05, 4.69) is 35.0 Å². The molecule has 0 aromatic heterocycles. The molecule has 1 unspecified atom stereocenters.